The third-order valence-corrected chi connectivity index (χ3v) is 5.66. The minimum atomic E-state index is -0.388. The van der Waals surface area contributed by atoms with Crippen LogP contribution in [0.15, 0.2) is 46.9 Å². The van der Waals surface area contributed by atoms with E-state index in [1.54, 1.807) is 14.2 Å². The van der Waals surface area contributed by atoms with Gasteiger partial charge in [-0.3, -0.25) is 0 Å². The molecule has 0 saturated heterocycles. The van der Waals surface area contributed by atoms with Gasteiger partial charge >= 0.3 is 0 Å². The highest BCUT2D eigenvalue weighted by atomic mass is 79.9. The quantitative estimate of drug-likeness (QED) is 0.568. The highest BCUT2D eigenvalue weighted by Gasteiger charge is 2.31. The van der Waals surface area contributed by atoms with Gasteiger partial charge in [0.05, 0.1) is 20.8 Å². The summed E-state index contributed by atoms with van der Waals surface area (Å²) in [6.07, 6.45) is 5.49. The summed E-state index contributed by atoms with van der Waals surface area (Å²) in [5, 5.41) is 0. The third-order valence-electron chi connectivity index (χ3n) is 4.93. The number of halogens is 1. The van der Waals surface area contributed by atoms with Gasteiger partial charge in [-0.15, -0.1) is 0 Å². The van der Waals surface area contributed by atoms with Crippen molar-refractivity contribution in [2.24, 2.45) is 0 Å². The largest absolute Gasteiger partial charge is 0.493 e. The van der Waals surface area contributed by atoms with Crippen LogP contribution in [0, 0.1) is 11.8 Å². The van der Waals surface area contributed by atoms with Crippen molar-refractivity contribution < 1.29 is 14.2 Å². The molecule has 4 heteroatoms. The van der Waals surface area contributed by atoms with Gasteiger partial charge in [0, 0.05) is 10.0 Å². The first-order chi connectivity index (χ1) is 13.2. The molecule has 142 valence electrons. The van der Waals surface area contributed by atoms with Gasteiger partial charge in [-0.2, -0.15) is 0 Å². The van der Waals surface area contributed by atoms with Crippen LogP contribution in [-0.2, 0) is 11.3 Å². The predicted molar refractivity (Wildman–Crippen MR) is 111 cm³/mol. The zero-order valence-corrected chi connectivity index (χ0v) is 17.5. The monoisotopic (exact) mass is 428 g/mol. The number of rotatable bonds is 5. The Bertz CT molecular complexity index is 815. The van der Waals surface area contributed by atoms with Crippen molar-refractivity contribution >= 4 is 15.9 Å². The number of benzene rings is 2. The molecular formula is C23H25BrO3. The minimum absolute atomic E-state index is 0.388. The van der Waals surface area contributed by atoms with Crippen LogP contribution in [0.1, 0.15) is 43.2 Å². The number of hydrogen-bond acceptors (Lipinski definition) is 3. The molecule has 0 radical (unpaired) electrons. The molecule has 27 heavy (non-hydrogen) atoms. The molecule has 0 heterocycles. The van der Waals surface area contributed by atoms with Crippen LogP contribution in [0.3, 0.4) is 0 Å². The van der Waals surface area contributed by atoms with Crippen LogP contribution >= 0.6 is 15.9 Å². The van der Waals surface area contributed by atoms with Crippen molar-refractivity contribution in [3.05, 3.63) is 58.1 Å². The van der Waals surface area contributed by atoms with Crippen LogP contribution in [0.25, 0.3) is 0 Å². The Morgan fingerprint density at radius 1 is 0.963 bits per heavy atom. The van der Waals surface area contributed by atoms with E-state index in [-0.39, 0.29) is 5.60 Å². The zero-order chi connectivity index (χ0) is 19.1. The smallest absolute Gasteiger partial charge is 0.161 e. The van der Waals surface area contributed by atoms with Crippen LogP contribution in [0.5, 0.6) is 11.5 Å². The van der Waals surface area contributed by atoms with Gasteiger partial charge in [-0.1, -0.05) is 52.4 Å². The van der Waals surface area contributed by atoms with Crippen LogP contribution < -0.4 is 9.47 Å². The maximum atomic E-state index is 6.43. The highest BCUT2D eigenvalue weighted by molar-refractivity contribution is 9.10. The molecule has 0 bridgehead atoms. The molecule has 2 aromatic carbocycles. The summed E-state index contributed by atoms with van der Waals surface area (Å²) < 4.78 is 18.2. The molecular weight excluding hydrogens is 404 g/mol. The van der Waals surface area contributed by atoms with E-state index >= 15 is 0 Å². The summed E-state index contributed by atoms with van der Waals surface area (Å²) >= 11 is 3.62. The normalized spacial score (nSPS) is 15.5. The number of hydrogen-bond donors (Lipinski definition) is 0. The van der Waals surface area contributed by atoms with Crippen LogP contribution in [0.4, 0.5) is 0 Å². The highest BCUT2D eigenvalue weighted by Crippen LogP contribution is 2.36. The van der Waals surface area contributed by atoms with Crippen molar-refractivity contribution in [3.63, 3.8) is 0 Å². The molecule has 0 unspecified atom stereocenters. The van der Waals surface area contributed by atoms with Crippen molar-refractivity contribution in [3.8, 4) is 23.3 Å². The molecule has 1 fully saturated rings. The lowest BCUT2D eigenvalue weighted by molar-refractivity contribution is -0.0372. The molecule has 0 spiro atoms. The molecule has 3 nitrogen and oxygen atoms in total. The summed E-state index contributed by atoms with van der Waals surface area (Å²) in [5.74, 6) is 8.16. The Morgan fingerprint density at radius 3 is 2.30 bits per heavy atom. The maximum Gasteiger partial charge on any atom is 0.161 e. The second kappa shape index (κ2) is 9.30. The fraction of sp³-hybridized carbons (Fsp3) is 0.391. The number of ether oxygens (including phenoxy) is 3. The Balaban J connectivity index is 1.81. The van der Waals surface area contributed by atoms with E-state index in [2.05, 4.69) is 27.8 Å². The van der Waals surface area contributed by atoms with Crippen molar-refractivity contribution in [2.45, 2.75) is 44.3 Å². The van der Waals surface area contributed by atoms with E-state index < -0.39 is 0 Å². The van der Waals surface area contributed by atoms with E-state index in [0.29, 0.717) is 18.1 Å². The SMILES string of the molecule is COc1cc(Br)c(COC2(C#Cc3ccccc3)CCCCC2)cc1OC. The Morgan fingerprint density at radius 2 is 1.63 bits per heavy atom. The molecule has 2 aromatic rings. The van der Waals surface area contributed by atoms with Gasteiger partial charge in [0.25, 0.3) is 0 Å². The first-order valence-electron chi connectivity index (χ1n) is 9.28. The average Bonchev–Trinajstić information content (AvgIpc) is 2.72. The average molecular weight is 429 g/mol. The zero-order valence-electron chi connectivity index (χ0n) is 15.9. The maximum absolute atomic E-state index is 6.43. The molecule has 0 aromatic heterocycles. The van der Waals surface area contributed by atoms with Crippen molar-refractivity contribution in [1.29, 1.82) is 0 Å². The van der Waals surface area contributed by atoms with Gasteiger partial charge in [0.2, 0.25) is 0 Å². The third kappa shape index (κ3) is 5.06. The molecule has 0 N–H and O–H groups in total. The summed E-state index contributed by atoms with van der Waals surface area (Å²) in [5.41, 5.74) is 1.66. The van der Waals surface area contributed by atoms with Gasteiger partial charge in [-0.25, -0.2) is 0 Å². The molecule has 0 atom stereocenters. The summed E-state index contributed by atoms with van der Waals surface area (Å²) in [6, 6.07) is 14.0. The van der Waals surface area contributed by atoms with Crippen LogP contribution in [-0.4, -0.2) is 19.8 Å². The molecule has 3 rings (SSSR count). The van der Waals surface area contributed by atoms with E-state index in [4.69, 9.17) is 14.2 Å². The molecule has 1 saturated carbocycles. The predicted octanol–water partition coefficient (Wildman–Crippen LogP) is 5.74. The number of methoxy groups -OCH3 is 2. The lowest BCUT2D eigenvalue weighted by Gasteiger charge is -2.33. The first kappa shape index (κ1) is 19.8. The Labute approximate surface area is 170 Å². The molecule has 1 aliphatic carbocycles. The fourth-order valence-electron chi connectivity index (χ4n) is 3.36. The fourth-order valence-corrected chi connectivity index (χ4v) is 3.80. The minimum Gasteiger partial charge on any atom is -0.493 e. The Kier molecular flexibility index (Phi) is 6.82. The standard InChI is InChI=1S/C23H25BrO3/c1-25-21-15-19(20(24)16-22(21)26-2)17-27-23(12-7-4-8-13-23)14-11-18-9-5-3-6-10-18/h3,5-6,9-10,15-16H,4,7-8,12-13,17H2,1-2H3. The second-order valence-electron chi connectivity index (χ2n) is 6.76. The van der Waals surface area contributed by atoms with Crippen LogP contribution in [0.2, 0.25) is 0 Å². The molecule has 0 amide bonds. The lowest BCUT2D eigenvalue weighted by Crippen LogP contribution is -2.33. The first-order valence-corrected chi connectivity index (χ1v) is 10.1. The summed E-state index contributed by atoms with van der Waals surface area (Å²) in [4.78, 5) is 0. The Hall–Kier alpha value is -1.96. The van der Waals surface area contributed by atoms with Gasteiger partial charge < -0.3 is 14.2 Å². The van der Waals surface area contributed by atoms with E-state index in [1.807, 2.05) is 42.5 Å². The lowest BCUT2D eigenvalue weighted by atomic mass is 9.85. The molecule has 1 aliphatic rings. The van der Waals surface area contributed by atoms with E-state index in [0.717, 1.165) is 41.3 Å². The van der Waals surface area contributed by atoms with E-state index in [9.17, 15) is 0 Å². The summed E-state index contributed by atoms with van der Waals surface area (Å²) in [6.45, 7) is 0.477. The van der Waals surface area contributed by atoms with E-state index in [1.165, 1.54) is 6.42 Å². The van der Waals surface area contributed by atoms with Crippen molar-refractivity contribution in [2.75, 3.05) is 14.2 Å². The van der Waals surface area contributed by atoms with Gasteiger partial charge in [-0.05, 0) is 55.5 Å². The molecule has 0 aliphatic heterocycles. The summed E-state index contributed by atoms with van der Waals surface area (Å²) in [7, 11) is 3.28. The van der Waals surface area contributed by atoms with Gasteiger partial charge in [0.1, 0.15) is 5.60 Å². The van der Waals surface area contributed by atoms with Crippen molar-refractivity contribution in [1.82, 2.24) is 0 Å². The topological polar surface area (TPSA) is 27.7 Å². The van der Waals surface area contributed by atoms with Gasteiger partial charge in [0.15, 0.2) is 11.5 Å². The second-order valence-corrected chi connectivity index (χ2v) is 7.61.